The Morgan fingerprint density at radius 2 is 2.25 bits per heavy atom. The fourth-order valence-electron chi connectivity index (χ4n) is 2.47. The SMILES string of the molecule is CCC1c2ccccc2CCN1C(=O)CCl. The zero-order valence-electron chi connectivity index (χ0n) is 9.45. The zero-order valence-corrected chi connectivity index (χ0v) is 10.2. The molecular formula is C13H16ClNO. The standard InChI is InChI=1S/C13H16ClNO/c1-2-12-11-6-4-3-5-10(11)7-8-15(12)13(16)9-14/h3-6,12H,2,7-9H2,1H3. The van der Waals surface area contributed by atoms with Crippen LogP contribution in [0.3, 0.4) is 0 Å². The van der Waals surface area contributed by atoms with Gasteiger partial charge in [0.15, 0.2) is 0 Å². The van der Waals surface area contributed by atoms with Crippen molar-refractivity contribution in [3.8, 4) is 0 Å². The van der Waals surface area contributed by atoms with E-state index in [2.05, 4.69) is 25.1 Å². The summed E-state index contributed by atoms with van der Waals surface area (Å²) in [5.41, 5.74) is 2.66. The molecule has 0 saturated heterocycles. The topological polar surface area (TPSA) is 20.3 Å². The van der Waals surface area contributed by atoms with Gasteiger partial charge in [0, 0.05) is 6.54 Å². The minimum Gasteiger partial charge on any atom is -0.334 e. The van der Waals surface area contributed by atoms with Crippen LogP contribution in [0.25, 0.3) is 0 Å². The molecule has 0 aromatic heterocycles. The fourth-order valence-corrected chi connectivity index (χ4v) is 2.62. The van der Waals surface area contributed by atoms with E-state index in [1.54, 1.807) is 0 Å². The lowest BCUT2D eigenvalue weighted by molar-refractivity contribution is -0.131. The van der Waals surface area contributed by atoms with E-state index in [1.165, 1.54) is 11.1 Å². The number of carbonyl (C=O) groups is 1. The van der Waals surface area contributed by atoms with Gasteiger partial charge in [-0.1, -0.05) is 31.2 Å². The summed E-state index contributed by atoms with van der Waals surface area (Å²) < 4.78 is 0. The normalized spacial score (nSPS) is 19.4. The Balaban J connectivity index is 2.33. The number of carbonyl (C=O) groups excluding carboxylic acids is 1. The molecule has 0 spiro atoms. The highest BCUT2D eigenvalue weighted by atomic mass is 35.5. The Morgan fingerprint density at radius 3 is 2.94 bits per heavy atom. The molecule has 2 nitrogen and oxygen atoms in total. The van der Waals surface area contributed by atoms with Gasteiger partial charge in [-0.15, -0.1) is 11.6 Å². The summed E-state index contributed by atoms with van der Waals surface area (Å²) in [6.07, 6.45) is 1.88. The molecule has 1 atom stereocenters. The van der Waals surface area contributed by atoms with Gasteiger partial charge in [0.25, 0.3) is 0 Å². The maximum atomic E-state index is 11.7. The van der Waals surface area contributed by atoms with Crippen molar-refractivity contribution in [2.24, 2.45) is 0 Å². The predicted molar refractivity (Wildman–Crippen MR) is 65.6 cm³/mol. The maximum absolute atomic E-state index is 11.7. The molecule has 3 heteroatoms. The number of nitrogens with zero attached hydrogens (tertiary/aromatic N) is 1. The fraction of sp³-hybridized carbons (Fsp3) is 0.462. The zero-order chi connectivity index (χ0) is 11.5. The number of benzene rings is 1. The van der Waals surface area contributed by atoms with Crippen molar-refractivity contribution in [3.63, 3.8) is 0 Å². The number of hydrogen-bond acceptors (Lipinski definition) is 1. The van der Waals surface area contributed by atoms with Gasteiger partial charge in [-0.3, -0.25) is 4.79 Å². The number of alkyl halides is 1. The van der Waals surface area contributed by atoms with Crippen LogP contribution < -0.4 is 0 Å². The van der Waals surface area contributed by atoms with Crippen LogP contribution in [-0.2, 0) is 11.2 Å². The molecule has 0 radical (unpaired) electrons. The maximum Gasteiger partial charge on any atom is 0.238 e. The van der Waals surface area contributed by atoms with E-state index in [1.807, 2.05) is 11.0 Å². The molecule has 86 valence electrons. The van der Waals surface area contributed by atoms with Crippen LogP contribution in [0, 0.1) is 0 Å². The summed E-state index contributed by atoms with van der Waals surface area (Å²) in [6.45, 7) is 2.91. The monoisotopic (exact) mass is 237 g/mol. The van der Waals surface area contributed by atoms with E-state index in [4.69, 9.17) is 11.6 Å². The Bertz CT molecular complexity index is 391. The smallest absolute Gasteiger partial charge is 0.238 e. The number of fused-ring (bicyclic) bond motifs is 1. The van der Waals surface area contributed by atoms with Crippen molar-refractivity contribution in [2.75, 3.05) is 12.4 Å². The highest BCUT2D eigenvalue weighted by Crippen LogP contribution is 2.31. The number of hydrogen-bond donors (Lipinski definition) is 0. The Hall–Kier alpha value is -1.02. The van der Waals surface area contributed by atoms with Gasteiger partial charge >= 0.3 is 0 Å². The molecule has 1 aromatic carbocycles. The first kappa shape index (κ1) is 11.5. The van der Waals surface area contributed by atoms with Crippen LogP contribution in [0.1, 0.15) is 30.5 Å². The molecule has 16 heavy (non-hydrogen) atoms. The molecule has 0 saturated carbocycles. The minimum atomic E-state index is 0.0445. The lowest BCUT2D eigenvalue weighted by Crippen LogP contribution is -2.40. The van der Waals surface area contributed by atoms with Crippen molar-refractivity contribution < 1.29 is 4.79 Å². The molecule has 1 unspecified atom stereocenters. The van der Waals surface area contributed by atoms with Crippen LogP contribution in [0.2, 0.25) is 0 Å². The molecule has 0 N–H and O–H groups in total. The van der Waals surface area contributed by atoms with E-state index in [0.29, 0.717) is 0 Å². The van der Waals surface area contributed by atoms with Crippen LogP contribution in [-0.4, -0.2) is 23.2 Å². The van der Waals surface area contributed by atoms with E-state index in [-0.39, 0.29) is 17.8 Å². The first-order chi connectivity index (χ1) is 7.77. The molecule has 1 amide bonds. The first-order valence-corrected chi connectivity index (χ1v) is 6.24. The minimum absolute atomic E-state index is 0.0445. The van der Waals surface area contributed by atoms with Gasteiger partial charge < -0.3 is 4.90 Å². The van der Waals surface area contributed by atoms with Gasteiger partial charge in [-0.2, -0.15) is 0 Å². The van der Waals surface area contributed by atoms with Crippen molar-refractivity contribution in [1.82, 2.24) is 4.90 Å². The summed E-state index contributed by atoms with van der Waals surface area (Å²) in [4.78, 5) is 13.7. The van der Waals surface area contributed by atoms with Gasteiger partial charge in [0.1, 0.15) is 5.88 Å². The second kappa shape index (κ2) is 4.88. The summed E-state index contributed by atoms with van der Waals surface area (Å²) in [5, 5.41) is 0. The summed E-state index contributed by atoms with van der Waals surface area (Å²) in [7, 11) is 0. The molecule has 1 aliphatic heterocycles. The van der Waals surface area contributed by atoms with Crippen LogP contribution in [0.4, 0.5) is 0 Å². The number of rotatable bonds is 2. The number of halogens is 1. The average Bonchev–Trinajstić information content (AvgIpc) is 2.36. The Morgan fingerprint density at radius 1 is 1.50 bits per heavy atom. The van der Waals surface area contributed by atoms with E-state index in [0.717, 1.165) is 19.4 Å². The third-order valence-corrected chi connectivity index (χ3v) is 3.46. The van der Waals surface area contributed by atoms with Crippen LogP contribution >= 0.6 is 11.6 Å². The van der Waals surface area contributed by atoms with Crippen molar-refractivity contribution in [2.45, 2.75) is 25.8 Å². The molecule has 2 rings (SSSR count). The molecule has 0 aliphatic carbocycles. The molecule has 1 aliphatic rings. The summed E-state index contributed by atoms with van der Waals surface area (Å²) in [6, 6.07) is 8.58. The van der Waals surface area contributed by atoms with Crippen LogP contribution in [0.5, 0.6) is 0 Å². The highest BCUT2D eigenvalue weighted by molar-refractivity contribution is 6.27. The average molecular weight is 238 g/mol. The first-order valence-electron chi connectivity index (χ1n) is 5.71. The molecule has 1 heterocycles. The molecule has 0 fully saturated rings. The van der Waals surface area contributed by atoms with Crippen molar-refractivity contribution in [3.05, 3.63) is 35.4 Å². The lowest BCUT2D eigenvalue weighted by Gasteiger charge is -2.36. The van der Waals surface area contributed by atoms with Gasteiger partial charge in [-0.05, 0) is 24.0 Å². The van der Waals surface area contributed by atoms with E-state index >= 15 is 0 Å². The second-order valence-corrected chi connectivity index (χ2v) is 4.36. The largest absolute Gasteiger partial charge is 0.334 e. The van der Waals surface area contributed by atoms with Crippen molar-refractivity contribution >= 4 is 17.5 Å². The summed E-state index contributed by atoms with van der Waals surface area (Å²) >= 11 is 5.64. The third kappa shape index (κ3) is 1.94. The van der Waals surface area contributed by atoms with Gasteiger partial charge in [0.2, 0.25) is 5.91 Å². The second-order valence-electron chi connectivity index (χ2n) is 4.09. The predicted octanol–water partition coefficient (Wildman–Crippen LogP) is 2.76. The van der Waals surface area contributed by atoms with Crippen LogP contribution in [0.15, 0.2) is 24.3 Å². The van der Waals surface area contributed by atoms with Gasteiger partial charge in [0.05, 0.1) is 6.04 Å². The Labute approximate surface area is 101 Å². The lowest BCUT2D eigenvalue weighted by atomic mass is 9.91. The third-order valence-electron chi connectivity index (χ3n) is 3.23. The van der Waals surface area contributed by atoms with E-state index < -0.39 is 0 Å². The molecular weight excluding hydrogens is 222 g/mol. The van der Waals surface area contributed by atoms with Crippen molar-refractivity contribution in [1.29, 1.82) is 0 Å². The van der Waals surface area contributed by atoms with Gasteiger partial charge in [-0.25, -0.2) is 0 Å². The number of amides is 1. The Kier molecular flexibility index (Phi) is 3.49. The van der Waals surface area contributed by atoms with E-state index in [9.17, 15) is 4.79 Å². The summed E-state index contributed by atoms with van der Waals surface area (Å²) in [5.74, 6) is 0.126. The molecule has 0 bridgehead atoms. The molecule has 1 aromatic rings. The highest BCUT2D eigenvalue weighted by Gasteiger charge is 2.28. The quantitative estimate of drug-likeness (QED) is 0.725.